The maximum atomic E-state index is 10.8. The third-order valence-electron chi connectivity index (χ3n) is 1.99. The highest BCUT2D eigenvalue weighted by Crippen LogP contribution is 2.23. The van der Waals surface area contributed by atoms with Crippen molar-refractivity contribution in [1.82, 2.24) is 0 Å². The molecule has 0 amide bonds. The SMILES string of the molecule is O=C(O)c1cc2cccc(C(=O)O)c2o1. The Morgan fingerprint density at radius 2 is 1.87 bits per heavy atom. The molecule has 1 heterocycles. The van der Waals surface area contributed by atoms with Crippen LogP contribution in [0.3, 0.4) is 0 Å². The minimum atomic E-state index is -1.22. The van der Waals surface area contributed by atoms with Crippen LogP contribution in [0.15, 0.2) is 28.7 Å². The Labute approximate surface area is 83.5 Å². The fourth-order valence-electron chi connectivity index (χ4n) is 1.34. The summed E-state index contributed by atoms with van der Waals surface area (Å²) in [6.07, 6.45) is 0. The molecule has 0 radical (unpaired) electrons. The van der Waals surface area contributed by atoms with Crippen LogP contribution in [0.25, 0.3) is 11.0 Å². The average molecular weight is 206 g/mol. The molecule has 0 aliphatic rings. The molecule has 15 heavy (non-hydrogen) atoms. The van der Waals surface area contributed by atoms with E-state index in [9.17, 15) is 9.59 Å². The topological polar surface area (TPSA) is 87.7 Å². The van der Waals surface area contributed by atoms with Crippen LogP contribution in [0, 0.1) is 0 Å². The third-order valence-corrected chi connectivity index (χ3v) is 1.99. The van der Waals surface area contributed by atoms with Crippen LogP contribution in [0.2, 0.25) is 0 Å². The summed E-state index contributed by atoms with van der Waals surface area (Å²) < 4.78 is 4.94. The third kappa shape index (κ3) is 1.43. The van der Waals surface area contributed by atoms with Crippen molar-refractivity contribution in [2.24, 2.45) is 0 Å². The summed E-state index contributed by atoms with van der Waals surface area (Å²) in [5, 5.41) is 18.0. The Hall–Kier alpha value is -2.30. The van der Waals surface area contributed by atoms with E-state index in [1.54, 1.807) is 6.07 Å². The Morgan fingerprint density at radius 1 is 1.13 bits per heavy atom. The predicted molar refractivity (Wildman–Crippen MR) is 50.1 cm³/mol. The number of aromatic carboxylic acids is 2. The molecule has 0 fully saturated rings. The van der Waals surface area contributed by atoms with Gasteiger partial charge in [0.1, 0.15) is 11.1 Å². The molecule has 0 saturated carbocycles. The van der Waals surface area contributed by atoms with Gasteiger partial charge in [-0.15, -0.1) is 0 Å². The van der Waals surface area contributed by atoms with Crippen molar-refractivity contribution in [1.29, 1.82) is 0 Å². The number of hydrogen-bond acceptors (Lipinski definition) is 3. The highest BCUT2D eigenvalue weighted by Gasteiger charge is 2.15. The number of hydrogen-bond donors (Lipinski definition) is 2. The van der Waals surface area contributed by atoms with E-state index in [4.69, 9.17) is 14.6 Å². The summed E-state index contributed by atoms with van der Waals surface area (Å²) in [7, 11) is 0. The Morgan fingerprint density at radius 3 is 2.47 bits per heavy atom. The van der Waals surface area contributed by atoms with Gasteiger partial charge in [-0.05, 0) is 12.1 Å². The Balaban J connectivity index is 2.75. The normalized spacial score (nSPS) is 10.4. The van der Waals surface area contributed by atoms with Crippen LogP contribution in [0.1, 0.15) is 20.9 Å². The van der Waals surface area contributed by atoms with Gasteiger partial charge < -0.3 is 14.6 Å². The van der Waals surface area contributed by atoms with Gasteiger partial charge in [0, 0.05) is 5.39 Å². The van der Waals surface area contributed by atoms with Crippen molar-refractivity contribution in [3.05, 3.63) is 35.6 Å². The zero-order chi connectivity index (χ0) is 11.0. The number of carbonyl (C=O) groups is 2. The zero-order valence-electron chi connectivity index (χ0n) is 7.43. The maximum Gasteiger partial charge on any atom is 0.371 e. The number of carboxylic acids is 2. The van der Waals surface area contributed by atoms with Gasteiger partial charge in [0.2, 0.25) is 5.76 Å². The minimum Gasteiger partial charge on any atom is -0.478 e. The number of para-hydroxylation sites is 1. The van der Waals surface area contributed by atoms with Crippen LogP contribution in [-0.2, 0) is 0 Å². The van der Waals surface area contributed by atoms with Crippen LogP contribution >= 0.6 is 0 Å². The van der Waals surface area contributed by atoms with Crippen molar-refractivity contribution in [2.45, 2.75) is 0 Å². The molecule has 0 bridgehead atoms. The van der Waals surface area contributed by atoms with E-state index < -0.39 is 11.9 Å². The molecule has 2 rings (SSSR count). The van der Waals surface area contributed by atoms with E-state index in [2.05, 4.69) is 0 Å². The number of fused-ring (bicyclic) bond motifs is 1. The second kappa shape index (κ2) is 3.13. The van der Waals surface area contributed by atoms with Crippen molar-refractivity contribution in [3.8, 4) is 0 Å². The molecular formula is C10H6O5. The summed E-state index contributed by atoms with van der Waals surface area (Å²) in [4.78, 5) is 21.4. The van der Waals surface area contributed by atoms with Crippen molar-refractivity contribution in [3.63, 3.8) is 0 Å². The lowest BCUT2D eigenvalue weighted by molar-refractivity contribution is 0.0656. The largest absolute Gasteiger partial charge is 0.478 e. The molecule has 0 unspecified atom stereocenters. The lowest BCUT2D eigenvalue weighted by Crippen LogP contribution is -1.95. The number of rotatable bonds is 2. The first-order valence-electron chi connectivity index (χ1n) is 4.09. The van der Waals surface area contributed by atoms with Crippen molar-refractivity contribution < 1.29 is 24.2 Å². The quantitative estimate of drug-likeness (QED) is 0.782. The van der Waals surface area contributed by atoms with E-state index in [1.807, 2.05) is 0 Å². The van der Waals surface area contributed by atoms with Gasteiger partial charge in [-0.25, -0.2) is 9.59 Å². The van der Waals surface area contributed by atoms with Gasteiger partial charge in [-0.3, -0.25) is 0 Å². The summed E-state index contributed by atoms with van der Waals surface area (Å²) in [5.74, 6) is -2.63. The summed E-state index contributed by atoms with van der Waals surface area (Å²) >= 11 is 0. The predicted octanol–water partition coefficient (Wildman–Crippen LogP) is 1.83. The van der Waals surface area contributed by atoms with Gasteiger partial charge in [0.15, 0.2) is 0 Å². The zero-order valence-corrected chi connectivity index (χ0v) is 7.43. The molecule has 2 N–H and O–H groups in total. The summed E-state index contributed by atoms with van der Waals surface area (Å²) in [6, 6.07) is 5.79. The van der Waals surface area contributed by atoms with Crippen LogP contribution in [0.5, 0.6) is 0 Å². The highest BCUT2D eigenvalue weighted by atomic mass is 16.4. The molecule has 0 atom stereocenters. The molecule has 0 saturated heterocycles. The fourth-order valence-corrected chi connectivity index (χ4v) is 1.34. The fraction of sp³-hybridized carbons (Fsp3) is 0. The van der Waals surface area contributed by atoms with Crippen molar-refractivity contribution >= 4 is 22.9 Å². The molecular weight excluding hydrogens is 200 g/mol. The van der Waals surface area contributed by atoms with Gasteiger partial charge >= 0.3 is 11.9 Å². The smallest absolute Gasteiger partial charge is 0.371 e. The summed E-state index contributed by atoms with van der Waals surface area (Å²) in [5.41, 5.74) is 0.0439. The minimum absolute atomic E-state index is 0.0417. The molecule has 5 nitrogen and oxygen atoms in total. The standard InChI is InChI=1S/C10H6O5/c11-9(12)6-3-1-2-5-4-7(10(13)14)15-8(5)6/h1-4H,(H,11,12)(H,13,14). The van der Waals surface area contributed by atoms with Crippen molar-refractivity contribution in [2.75, 3.05) is 0 Å². The molecule has 0 aliphatic carbocycles. The number of carboxylic acid groups (broad SMARTS) is 2. The van der Waals surface area contributed by atoms with Crippen LogP contribution in [-0.4, -0.2) is 22.2 Å². The number of furan rings is 1. The van der Waals surface area contributed by atoms with Crippen LogP contribution in [0.4, 0.5) is 0 Å². The van der Waals surface area contributed by atoms with Gasteiger partial charge in [0.05, 0.1) is 0 Å². The first-order chi connectivity index (χ1) is 7.09. The molecule has 76 valence electrons. The van der Waals surface area contributed by atoms with E-state index in [0.717, 1.165) is 0 Å². The molecule has 1 aromatic heterocycles. The maximum absolute atomic E-state index is 10.8. The first kappa shape index (κ1) is 9.26. The Kier molecular flexibility index (Phi) is 1.93. The molecule has 1 aromatic carbocycles. The average Bonchev–Trinajstić information content (AvgIpc) is 2.60. The second-order valence-electron chi connectivity index (χ2n) is 2.94. The van der Waals surface area contributed by atoms with Gasteiger partial charge in [-0.1, -0.05) is 12.1 Å². The van der Waals surface area contributed by atoms with E-state index >= 15 is 0 Å². The lowest BCUT2D eigenvalue weighted by atomic mass is 10.1. The second-order valence-corrected chi connectivity index (χ2v) is 2.94. The highest BCUT2D eigenvalue weighted by molar-refractivity contribution is 6.03. The number of benzene rings is 1. The van der Waals surface area contributed by atoms with E-state index in [0.29, 0.717) is 5.39 Å². The molecule has 2 aromatic rings. The van der Waals surface area contributed by atoms with E-state index in [1.165, 1.54) is 18.2 Å². The first-order valence-corrected chi connectivity index (χ1v) is 4.09. The monoisotopic (exact) mass is 206 g/mol. The van der Waals surface area contributed by atoms with Gasteiger partial charge in [-0.2, -0.15) is 0 Å². The summed E-state index contributed by atoms with van der Waals surface area (Å²) in [6.45, 7) is 0. The van der Waals surface area contributed by atoms with E-state index in [-0.39, 0.29) is 16.9 Å². The lowest BCUT2D eigenvalue weighted by Gasteiger charge is -1.93. The molecule has 5 heteroatoms. The molecule has 0 spiro atoms. The van der Waals surface area contributed by atoms with Crippen LogP contribution < -0.4 is 0 Å². The molecule has 0 aliphatic heterocycles. The Bertz CT molecular complexity index is 552. The van der Waals surface area contributed by atoms with Gasteiger partial charge in [0.25, 0.3) is 0 Å².